The number of pyridine rings is 1. The van der Waals surface area contributed by atoms with Gasteiger partial charge in [-0.1, -0.05) is 0 Å². The number of benzene rings is 1. The molecule has 30 heavy (non-hydrogen) atoms. The first-order chi connectivity index (χ1) is 14.1. The number of ether oxygens (including phenoxy) is 1. The number of halogens is 4. The van der Waals surface area contributed by atoms with Gasteiger partial charge in [0.2, 0.25) is 0 Å². The number of hydrogen-bond donors (Lipinski definition) is 1. The first kappa shape index (κ1) is 21.0. The van der Waals surface area contributed by atoms with E-state index in [2.05, 4.69) is 14.8 Å². The molecule has 11 heteroatoms. The largest absolute Gasteiger partial charge is 0.477 e. The van der Waals surface area contributed by atoms with Gasteiger partial charge in [0, 0.05) is 12.3 Å². The average molecular weight is 423 g/mol. The number of aromatic carboxylic acids is 1. The van der Waals surface area contributed by atoms with Gasteiger partial charge in [-0.05, 0) is 47.9 Å². The van der Waals surface area contributed by atoms with Gasteiger partial charge in [0.25, 0.3) is 0 Å². The zero-order valence-corrected chi connectivity index (χ0v) is 15.3. The van der Waals surface area contributed by atoms with Gasteiger partial charge in [-0.25, -0.2) is 23.6 Å². The van der Waals surface area contributed by atoms with Crippen LogP contribution >= 0.6 is 0 Å². The second-order valence-corrected chi connectivity index (χ2v) is 6.17. The maximum atomic E-state index is 13.6. The summed E-state index contributed by atoms with van der Waals surface area (Å²) >= 11 is 0. The van der Waals surface area contributed by atoms with Crippen molar-refractivity contribution < 1.29 is 37.0 Å². The molecule has 0 atom stereocenters. The standard InChI is InChI=1S/C19H13F4N3O4/c1-30-18(29)14-9-15(17(27)28)26(25-14)16-7-10(2-3-24-16)4-11-5-12(19(21,22)23)8-13(20)6-11/h2-3,5-9H,4H2,1H3,(H,27,28). The molecule has 0 unspecified atom stereocenters. The minimum atomic E-state index is -4.70. The summed E-state index contributed by atoms with van der Waals surface area (Å²) in [5, 5.41) is 13.2. The van der Waals surface area contributed by atoms with Crippen LogP contribution in [0.25, 0.3) is 5.82 Å². The van der Waals surface area contributed by atoms with Crippen LogP contribution in [-0.4, -0.2) is 38.9 Å². The molecule has 0 radical (unpaired) electrons. The fourth-order valence-corrected chi connectivity index (χ4v) is 2.75. The lowest BCUT2D eigenvalue weighted by Gasteiger charge is -2.10. The lowest BCUT2D eigenvalue weighted by Crippen LogP contribution is -2.10. The first-order valence-corrected chi connectivity index (χ1v) is 8.32. The summed E-state index contributed by atoms with van der Waals surface area (Å²) in [6.07, 6.45) is -3.49. The number of carbonyl (C=O) groups is 2. The summed E-state index contributed by atoms with van der Waals surface area (Å²) in [6.45, 7) is 0. The third-order valence-corrected chi connectivity index (χ3v) is 4.04. The van der Waals surface area contributed by atoms with Crippen molar-refractivity contribution in [2.24, 2.45) is 0 Å². The van der Waals surface area contributed by atoms with Crippen molar-refractivity contribution in [1.82, 2.24) is 14.8 Å². The molecular weight excluding hydrogens is 410 g/mol. The Bertz CT molecular complexity index is 1130. The van der Waals surface area contributed by atoms with Crippen molar-refractivity contribution in [1.29, 1.82) is 0 Å². The number of hydrogen-bond acceptors (Lipinski definition) is 5. The van der Waals surface area contributed by atoms with Crippen LogP contribution in [0, 0.1) is 5.82 Å². The van der Waals surface area contributed by atoms with Crippen LogP contribution in [0.4, 0.5) is 17.6 Å². The van der Waals surface area contributed by atoms with E-state index < -0.39 is 29.5 Å². The Kier molecular flexibility index (Phi) is 5.54. The number of alkyl halides is 3. The molecule has 0 bridgehead atoms. The molecule has 0 spiro atoms. The molecular formula is C19H13F4N3O4. The summed E-state index contributed by atoms with van der Waals surface area (Å²) in [7, 11) is 1.11. The molecule has 7 nitrogen and oxygen atoms in total. The molecule has 0 aliphatic rings. The number of rotatable bonds is 5. The molecule has 1 N–H and O–H groups in total. The van der Waals surface area contributed by atoms with Gasteiger partial charge in [-0.2, -0.15) is 18.3 Å². The summed E-state index contributed by atoms with van der Waals surface area (Å²) < 4.78 is 57.8. The Morgan fingerprint density at radius 2 is 1.87 bits per heavy atom. The normalized spacial score (nSPS) is 11.4. The third-order valence-electron chi connectivity index (χ3n) is 4.04. The molecule has 3 aromatic rings. The Morgan fingerprint density at radius 3 is 2.50 bits per heavy atom. The lowest BCUT2D eigenvalue weighted by molar-refractivity contribution is -0.137. The maximum absolute atomic E-state index is 13.6. The quantitative estimate of drug-likeness (QED) is 0.499. The van der Waals surface area contributed by atoms with E-state index in [9.17, 15) is 32.3 Å². The van der Waals surface area contributed by atoms with E-state index in [1.807, 2.05) is 0 Å². The van der Waals surface area contributed by atoms with Gasteiger partial charge in [0.05, 0.1) is 12.7 Å². The highest BCUT2D eigenvalue weighted by Gasteiger charge is 2.31. The molecule has 0 aliphatic carbocycles. The van der Waals surface area contributed by atoms with Gasteiger partial charge in [-0.15, -0.1) is 0 Å². The Balaban J connectivity index is 1.99. The summed E-state index contributed by atoms with van der Waals surface area (Å²) in [5.74, 6) is -3.26. The molecule has 156 valence electrons. The highest BCUT2D eigenvalue weighted by molar-refractivity contribution is 5.92. The second-order valence-electron chi connectivity index (χ2n) is 6.17. The van der Waals surface area contributed by atoms with E-state index in [-0.39, 0.29) is 29.2 Å². The monoisotopic (exact) mass is 423 g/mol. The minimum absolute atomic E-state index is 0.00695. The molecule has 2 aromatic heterocycles. The van der Waals surface area contributed by atoms with Crippen LogP contribution in [0.5, 0.6) is 0 Å². The van der Waals surface area contributed by atoms with Crippen molar-refractivity contribution in [3.05, 3.63) is 76.5 Å². The number of carboxylic acid groups (broad SMARTS) is 1. The highest BCUT2D eigenvalue weighted by atomic mass is 19.4. The Hall–Kier alpha value is -3.76. The van der Waals surface area contributed by atoms with Gasteiger partial charge in [-0.3, -0.25) is 0 Å². The number of methoxy groups -OCH3 is 1. The van der Waals surface area contributed by atoms with Crippen LogP contribution in [0.3, 0.4) is 0 Å². The van der Waals surface area contributed by atoms with Crippen molar-refractivity contribution in [2.75, 3.05) is 7.11 Å². The molecule has 1 aromatic carbocycles. The van der Waals surface area contributed by atoms with Crippen molar-refractivity contribution in [3.63, 3.8) is 0 Å². The topological polar surface area (TPSA) is 94.3 Å². The first-order valence-electron chi connectivity index (χ1n) is 8.32. The van der Waals surface area contributed by atoms with Crippen molar-refractivity contribution >= 4 is 11.9 Å². The third kappa shape index (κ3) is 4.45. The second kappa shape index (κ2) is 7.93. The number of nitrogens with zero attached hydrogens (tertiary/aromatic N) is 3. The molecule has 0 fully saturated rings. The number of aromatic nitrogens is 3. The van der Waals surface area contributed by atoms with Crippen LogP contribution in [-0.2, 0) is 17.3 Å². The fourth-order valence-electron chi connectivity index (χ4n) is 2.75. The minimum Gasteiger partial charge on any atom is -0.477 e. The maximum Gasteiger partial charge on any atom is 0.416 e. The molecule has 0 saturated heterocycles. The van der Waals surface area contributed by atoms with E-state index in [1.54, 1.807) is 0 Å². The van der Waals surface area contributed by atoms with Gasteiger partial charge in [0.1, 0.15) is 5.82 Å². The molecule has 0 aliphatic heterocycles. The van der Waals surface area contributed by atoms with Crippen LogP contribution in [0.1, 0.15) is 37.7 Å². The number of carboxylic acids is 1. The predicted molar refractivity (Wildman–Crippen MR) is 93.9 cm³/mol. The smallest absolute Gasteiger partial charge is 0.416 e. The van der Waals surface area contributed by atoms with E-state index >= 15 is 0 Å². The number of carbonyl (C=O) groups excluding carboxylic acids is 1. The lowest BCUT2D eigenvalue weighted by atomic mass is 10.0. The van der Waals surface area contributed by atoms with Crippen LogP contribution in [0.15, 0.2) is 42.6 Å². The van der Waals surface area contributed by atoms with Gasteiger partial charge in [0.15, 0.2) is 17.2 Å². The van der Waals surface area contributed by atoms with Gasteiger partial charge >= 0.3 is 18.1 Å². The molecule has 0 amide bonds. The van der Waals surface area contributed by atoms with Crippen LogP contribution in [0.2, 0.25) is 0 Å². The molecule has 2 heterocycles. The molecule has 0 saturated carbocycles. The van der Waals surface area contributed by atoms with E-state index in [0.29, 0.717) is 11.6 Å². The Labute approximate surface area is 166 Å². The van der Waals surface area contributed by atoms with Gasteiger partial charge < -0.3 is 9.84 Å². The van der Waals surface area contributed by atoms with E-state index in [0.717, 1.165) is 30.0 Å². The predicted octanol–water partition coefficient (Wildman–Crippen LogP) is 3.50. The SMILES string of the molecule is COC(=O)c1cc(C(=O)O)n(-c2cc(Cc3cc(F)cc(C(F)(F)F)c3)ccn2)n1. The highest BCUT2D eigenvalue weighted by Crippen LogP contribution is 2.31. The zero-order chi connectivity index (χ0) is 22.1. The zero-order valence-electron chi connectivity index (χ0n) is 15.3. The summed E-state index contributed by atoms with van der Waals surface area (Å²) in [5.41, 5.74) is -1.26. The summed E-state index contributed by atoms with van der Waals surface area (Å²) in [4.78, 5) is 27.1. The van der Waals surface area contributed by atoms with Crippen LogP contribution < -0.4 is 0 Å². The van der Waals surface area contributed by atoms with E-state index in [1.165, 1.54) is 18.3 Å². The van der Waals surface area contributed by atoms with Crippen molar-refractivity contribution in [3.8, 4) is 5.82 Å². The summed E-state index contributed by atoms with van der Waals surface area (Å²) in [6, 6.07) is 6.06. The fraction of sp³-hybridized carbons (Fsp3) is 0.158. The average Bonchev–Trinajstić information content (AvgIpc) is 3.12. The van der Waals surface area contributed by atoms with Crippen molar-refractivity contribution in [2.45, 2.75) is 12.6 Å². The number of esters is 1. The van der Waals surface area contributed by atoms with E-state index in [4.69, 9.17) is 0 Å². The Morgan fingerprint density at radius 1 is 1.13 bits per heavy atom. The molecule has 3 rings (SSSR count).